The molecule has 0 spiro atoms. The average Bonchev–Trinajstić information content (AvgIpc) is 2.29. The van der Waals surface area contributed by atoms with Gasteiger partial charge in [0, 0.05) is 26.7 Å². The highest BCUT2D eigenvalue weighted by atomic mass is 32.2. The highest BCUT2D eigenvalue weighted by Gasteiger charge is 2.27. The molecule has 1 aliphatic heterocycles. The Morgan fingerprint density at radius 3 is 2.82 bits per heavy atom. The number of hydrogen-bond donors (Lipinski definition) is 1. The minimum absolute atomic E-state index is 0.526. The van der Waals surface area contributed by atoms with E-state index in [0.717, 1.165) is 25.0 Å². The van der Waals surface area contributed by atoms with Crippen LogP contribution in [-0.2, 0) is 10.2 Å². The Hall–Kier alpha value is -0.430. The monoisotopic (exact) mass is 261 g/mol. The Bertz CT molecular complexity index is 365. The minimum Gasteiger partial charge on any atom is -0.320 e. The number of hydrogen-bond acceptors (Lipinski definition) is 3. The van der Waals surface area contributed by atoms with Crippen molar-refractivity contribution in [1.29, 1.82) is 0 Å². The van der Waals surface area contributed by atoms with E-state index in [4.69, 9.17) is 0 Å². The Morgan fingerprint density at radius 2 is 2.24 bits per heavy atom. The zero-order valence-corrected chi connectivity index (χ0v) is 11.8. The first-order valence-electron chi connectivity index (χ1n) is 6.00. The molecule has 0 unspecified atom stereocenters. The molecule has 6 heteroatoms. The molecule has 100 valence electrons. The van der Waals surface area contributed by atoms with Crippen molar-refractivity contribution in [2.24, 2.45) is 0 Å². The molecule has 1 rings (SSSR count). The third-order valence-corrected chi connectivity index (χ3v) is 4.85. The lowest BCUT2D eigenvalue weighted by Crippen LogP contribution is -2.44. The zero-order chi connectivity index (χ0) is 12.9. The maximum absolute atomic E-state index is 12.2. The van der Waals surface area contributed by atoms with E-state index in [0.29, 0.717) is 19.6 Å². The number of nitrogens with zero attached hydrogens (tertiary/aromatic N) is 2. The van der Waals surface area contributed by atoms with Gasteiger partial charge in [0.15, 0.2) is 0 Å². The van der Waals surface area contributed by atoms with Gasteiger partial charge in [0.2, 0.25) is 0 Å². The molecule has 1 N–H and O–H groups in total. The van der Waals surface area contributed by atoms with Crippen LogP contribution in [0.25, 0.3) is 0 Å². The molecule has 1 aliphatic rings. The lowest BCUT2D eigenvalue weighted by molar-refractivity contribution is 0.365. The van der Waals surface area contributed by atoms with Crippen LogP contribution in [0, 0.1) is 0 Å². The fourth-order valence-electron chi connectivity index (χ4n) is 1.86. The fraction of sp³-hybridized carbons (Fsp3) is 0.818. The average molecular weight is 261 g/mol. The van der Waals surface area contributed by atoms with Gasteiger partial charge in [0.25, 0.3) is 10.2 Å². The van der Waals surface area contributed by atoms with E-state index in [9.17, 15) is 8.42 Å². The Labute approximate surface area is 105 Å². The predicted octanol–water partition coefficient (Wildman–Crippen LogP) is 0.425. The topological polar surface area (TPSA) is 52.7 Å². The molecular weight excluding hydrogens is 238 g/mol. The molecule has 0 aromatic carbocycles. The minimum atomic E-state index is -3.28. The maximum Gasteiger partial charge on any atom is 0.282 e. The standard InChI is InChI=1S/C11H23N3O2S/c1-11-6-4-9-14(10-11)17(15,16)13(3)8-5-7-12-2/h6,12H,4-5,7-10H2,1-3H3. The first kappa shape index (κ1) is 14.6. The molecule has 0 aromatic rings. The van der Waals surface area contributed by atoms with Crippen molar-refractivity contribution in [3.63, 3.8) is 0 Å². The summed E-state index contributed by atoms with van der Waals surface area (Å²) in [4.78, 5) is 0. The van der Waals surface area contributed by atoms with E-state index in [2.05, 4.69) is 11.4 Å². The van der Waals surface area contributed by atoms with Crippen molar-refractivity contribution in [3.8, 4) is 0 Å². The molecule has 17 heavy (non-hydrogen) atoms. The Kier molecular flexibility index (Phi) is 5.58. The van der Waals surface area contributed by atoms with E-state index >= 15 is 0 Å². The van der Waals surface area contributed by atoms with Crippen LogP contribution in [-0.4, -0.2) is 57.3 Å². The van der Waals surface area contributed by atoms with E-state index in [1.165, 1.54) is 4.31 Å². The summed E-state index contributed by atoms with van der Waals surface area (Å²) in [6.07, 6.45) is 3.75. The second-order valence-corrected chi connectivity index (χ2v) is 6.49. The van der Waals surface area contributed by atoms with Gasteiger partial charge < -0.3 is 5.32 Å². The van der Waals surface area contributed by atoms with Crippen molar-refractivity contribution < 1.29 is 8.42 Å². The molecule has 0 amide bonds. The number of rotatable bonds is 6. The molecule has 5 nitrogen and oxygen atoms in total. The van der Waals surface area contributed by atoms with Crippen LogP contribution in [0.5, 0.6) is 0 Å². The van der Waals surface area contributed by atoms with Crippen molar-refractivity contribution in [2.75, 3.05) is 40.3 Å². The molecule has 0 saturated heterocycles. The zero-order valence-electron chi connectivity index (χ0n) is 10.9. The van der Waals surface area contributed by atoms with Crippen molar-refractivity contribution >= 4 is 10.2 Å². The Balaban J connectivity index is 2.58. The molecule has 1 heterocycles. The van der Waals surface area contributed by atoms with Gasteiger partial charge in [0.05, 0.1) is 0 Å². The van der Waals surface area contributed by atoms with E-state index in [1.54, 1.807) is 11.4 Å². The van der Waals surface area contributed by atoms with Crippen LogP contribution < -0.4 is 5.32 Å². The second kappa shape index (κ2) is 6.49. The smallest absolute Gasteiger partial charge is 0.282 e. The van der Waals surface area contributed by atoms with Gasteiger partial charge in [-0.3, -0.25) is 0 Å². The second-order valence-electron chi connectivity index (χ2n) is 4.46. The van der Waals surface area contributed by atoms with Gasteiger partial charge in [-0.05, 0) is 33.4 Å². The van der Waals surface area contributed by atoms with E-state index in [-0.39, 0.29) is 0 Å². The molecule has 0 fully saturated rings. The third kappa shape index (κ3) is 4.06. The normalized spacial score (nSPS) is 18.5. The molecule has 0 aliphatic carbocycles. The lowest BCUT2D eigenvalue weighted by Gasteiger charge is -2.29. The van der Waals surface area contributed by atoms with Crippen LogP contribution >= 0.6 is 0 Å². The van der Waals surface area contributed by atoms with Gasteiger partial charge in [-0.2, -0.15) is 17.0 Å². The summed E-state index contributed by atoms with van der Waals surface area (Å²) in [5.74, 6) is 0. The maximum atomic E-state index is 12.2. The highest BCUT2D eigenvalue weighted by molar-refractivity contribution is 7.86. The largest absolute Gasteiger partial charge is 0.320 e. The van der Waals surface area contributed by atoms with Gasteiger partial charge in [-0.1, -0.05) is 11.6 Å². The van der Waals surface area contributed by atoms with E-state index in [1.807, 2.05) is 14.0 Å². The van der Waals surface area contributed by atoms with Crippen LogP contribution in [0.2, 0.25) is 0 Å². The van der Waals surface area contributed by atoms with Crippen LogP contribution in [0.4, 0.5) is 0 Å². The van der Waals surface area contributed by atoms with Crippen molar-refractivity contribution in [2.45, 2.75) is 19.8 Å². The summed E-state index contributed by atoms with van der Waals surface area (Å²) in [6, 6.07) is 0. The first-order valence-corrected chi connectivity index (χ1v) is 7.40. The summed E-state index contributed by atoms with van der Waals surface area (Å²) in [5.41, 5.74) is 1.13. The van der Waals surface area contributed by atoms with Crippen LogP contribution in [0.1, 0.15) is 19.8 Å². The fourth-order valence-corrected chi connectivity index (χ4v) is 3.32. The third-order valence-electron chi connectivity index (χ3n) is 2.92. The number of nitrogens with one attached hydrogen (secondary N) is 1. The van der Waals surface area contributed by atoms with Gasteiger partial charge in [0.1, 0.15) is 0 Å². The van der Waals surface area contributed by atoms with E-state index < -0.39 is 10.2 Å². The quantitative estimate of drug-likeness (QED) is 0.557. The Morgan fingerprint density at radius 1 is 1.53 bits per heavy atom. The van der Waals surface area contributed by atoms with Crippen molar-refractivity contribution in [1.82, 2.24) is 13.9 Å². The summed E-state index contributed by atoms with van der Waals surface area (Å²) < 4.78 is 27.5. The van der Waals surface area contributed by atoms with Gasteiger partial charge in [-0.25, -0.2) is 0 Å². The molecule has 0 aromatic heterocycles. The van der Waals surface area contributed by atoms with Gasteiger partial charge in [-0.15, -0.1) is 0 Å². The molecule has 0 atom stereocenters. The SMILES string of the molecule is CNCCCN(C)S(=O)(=O)N1CCC=C(C)C1. The summed E-state index contributed by atoms with van der Waals surface area (Å²) >= 11 is 0. The van der Waals surface area contributed by atoms with Crippen molar-refractivity contribution in [3.05, 3.63) is 11.6 Å². The summed E-state index contributed by atoms with van der Waals surface area (Å²) in [7, 11) is 0.242. The van der Waals surface area contributed by atoms with Crippen LogP contribution in [0.15, 0.2) is 11.6 Å². The molecule has 0 saturated carbocycles. The summed E-state index contributed by atoms with van der Waals surface area (Å²) in [6.45, 7) is 4.48. The molecule has 0 bridgehead atoms. The van der Waals surface area contributed by atoms with Gasteiger partial charge >= 0.3 is 0 Å². The highest BCUT2D eigenvalue weighted by Crippen LogP contribution is 2.15. The molecular formula is C11H23N3O2S. The predicted molar refractivity (Wildman–Crippen MR) is 70.0 cm³/mol. The summed E-state index contributed by atoms with van der Waals surface area (Å²) in [5, 5.41) is 3.02. The molecule has 0 radical (unpaired) electrons. The first-order chi connectivity index (χ1) is 7.98. The van der Waals surface area contributed by atoms with Crippen LogP contribution in [0.3, 0.4) is 0 Å². The lowest BCUT2D eigenvalue weighted by atomic mass is 10.2.